The summed E-state index contributed by atoms with van der Waals surface area (Å²) < 4.78 is 18.4. The van der Waals surface area contributed by atoms with Crippen LogP contribution < -0.4 is 15.5 Å². The predicted octanol–water partition coefficient (Wildman–Crippen LogP) is 0.757. The number of hydrogen-bond acceptors (Lipinski definition) is 4. The highest BCUT2D eigenvalue weighted by Crippen LogP contribution is 2.23. The Morgan fingerprint density at radius 2 is 2.23 bits per heavy atom. The normalized spacial score (nSPS) is 25.2. The van der Waals surface area contributed by atoms with Crippen molar-refractivity contribution < 1.29 is 13.9 Å². The van der Waals surface area contributed by atoms with Crippen LogP contribution in [0.25, 0.3) is 0 Å². The van der Waals surface area contributed by atoms with Crippen LogP contribution in [0.5, 0.6) is 0 Å². The lowest BCUT2D eigenvalue weighted by atomic mass is 10.1. The summed E-state index contributed by atoms with van der Waals surface area (Å²) in [5, 5.41) is 6.14. The second-order valence-corrected chi connectivity index (χ2v) is 5.89. The summed E-state index contributed by atoms with van der Waals surface area (Å²) in [4.78, 5) is 14.2. The molecule has 2 saturated heterocycles. The number of carbonyl (C=O) groups excluding carboxylic acids is 1. The average molecular weight is 307 g/mol. The highest BCUT2D eigenvalue weighted by molar-refractivity contribution is 5.81. The lowest BCUT2D eigenvalue weighted by molar-refractivity contribution is -0.134. The molecule has 2 unspecified atom stereocenters. The molecule has 1 aromatic rings. The first-order valence-corrected chi connectivity index (χ1v) is 7.83. The molecule has 6 heteroatoms. The Morgan fingerprint density at radius 3 is 2.95 bits per heavy atom. The van der Waals surface area contributed by atoms with Gasteiger partial charge in [-0.15, -0.1) is 0 Å². The number of carbonyl (C=O) groups is 1. The fraction of sp³-hybridized carbons (Fsp3) is 0.562. The molecular weight excluding hydrogens is 285 g/mol. The van der Waals surface area contributed by atoms with Crippen molar-refractivity contribution in [1.82, 2.24) is 10.6 Å². The first-order chi connectivity index (χ1) is 10.7. The Kier molecular flexibility index (Phi) is 4.90. The molecule has 22 heavy (non-hydrogen) atoms. The molecule has 2 atom stereocenters. The van der Waals surface area contributed by atoms with Crippen LogP contribution in [0, 0.1) is 11.7 Å². The first kappa shape index (κ1) is 15.2. The van der Waals surface area contributed by atoms with Crippen molar-refractivity contribution in [1.29, 1.82) is 0 Å². The molecule has 3 rings (SSSR count). The fourth-order valence-electron chi connectivity index (χ4n) is 2.98. The molecule has 0 aliphatic carbocycles. The van der Waals surface area contributed by atoms with Gasteiger partial charge in [0, 0.05) is 38.4 Å². The van der Waals surface area contributed by atoms with Gasteiger partial charge in [0.05, 0.1) is 6.61 Å². The predicted molar refractivity (Wildman–Crippen MR) is 82.3 cm³/mol. The van der Waals surface area contributed by atoms with E-state index in [1.54, 1.807) is 12.1 Å². The number of amides is 1. The number of nitrogens with zero attached hydrogens (tertiary/aromatic N) is 1. The van der Waals surface area contributed by atoms with Gasteiger partial charge in [-0.25, -0.2) is 4.39 Å². The van der Waals surface area contributed by atoms with Crippen LogP contribution in [0.15, 0.2) is 24.3 Å². The van der Waals surface area contributed by atoms with Crippen molar-refractivity contribution in [2.75, 3.05) is 44.2 Å². The molecule has 0 saturated carbocycles. The fourth-order valence-corrected chi connectivity index (χ4v) is 2.98. The van der Waals surface area contributed by atoms with Crippen LogP contribution in [0.2, 0.25) is 0 Å². The Bertz CT molecular complexity index is 503. The molecule has 1 amide bonds. The van der Waals surface area contributed by atoms with E-state index in [9.17, 15) is 9.18 Å². The topological polar surface area (TPSA) is 53.6 Å². The molecule has 2 N–H and O–H groups in total. The molecule has 120 valence electrons. The summed E-state index contributed by atoms with van der Waals surface area (Å²) in [6.45, 7) is 4.46. The summed E-state index contributed by atoms with van der Waals surface area (Å²) in [5.74, 6) is 0.172. The third-order valence-corrected chi connectivity index (χ3v) is 4.26. The van der Waals surface area contributed by atoms with Gasteiger partial charge in [0.25, 0.3) is 0 Å². The number of morpholine rings is 1. The largest absolute Gasteiger partial charge is 0.371 e. The number of ether oxygens (including phenoxy) is 1. The lowest BCUT2D eigenvalue weighted by Gasteiger charge is -2.23. The maximum atomic E-state index is 13.0. The molecule has 0 aromatic heterocycles. The maximum absolute atomic E-state index is 13.0. The van der Waals surface area contributed by atoms with Crippen LogP contribution in [0.4, 0.5) is 10.1 Å². The number of halogens is 1. The van der Waals surface area contributed by atoms with Crippen LogP contribution in [-0.2, 0) is 9.53 Å². The molecule has 2 aliphatic heterocycles. The minimum absolute atomic E-state index is 0.0348. The molecule has 0 spiro atoms. The molecular formula is C16H22FN3O2. The van der Waals surface area contributed by atoms with Gasteiger partial charge in [-0.05, 0) is 36.6 Å². The zero-order valence-corrected chi connectivity index (χ0v) is 12.6. The zero-order valence-electron chi connectivity index (χ0n) is 12.6. The van der Waals surface area contributed by atoms with Crippen molar-refractivity contribution in [3.8, 4) is 0 Å². The lowest BCUT2D eigenvalue weighted by Crippen LogP contribution is -2.48. The highest BCUT2D eigenvalue weighted by atomic mass is 19.1. The molecule has 2 fully saturated rings. The Hall–Kier alpha value is -1.66. The SMILES string of the molecule is O=C(NCC1CCN(c2ccc(F)cc2)C1)C1CNCCO1. The van der Waals surface area contributed by atoms with Crippen molar-refractivity contribution >= 4 is 11.6 Å². The first-order valence-electron chi connectivity index (χ1n) is 7.83. The van der Waals surface area contributed by atoms with Crippen LogP contribution >= 0.6 is 0 Å². The standard InChI is InChI=1S/C16H22FN3O2/c17-13-1-3-14(4-2-13)20-7-5-12(11-20)9-19-16(21)15-10-18-6-8-22-15/h1-4,12,15,18H,5-11H2,(H,19,21). The van der Waals surface area contributed by atoms with E-state index < -0.39 is 0 Å². The minimum atomic E-state index is -0.372. The third-order valence-electron chi connectivity index (χ3n) is 4.26. The van der Waals surface area contributed by atoms with Gasteiger partial charge in [0.15, 0.2) is 0 Å². The summed E-state index contributed by atoms with van der Waals surface area (Å²) in [7, 11) is 0. The minimum Gasteiger partial charge on any atom is -0.371 e. The van der Waals surface area contributed by atoms with Gasteiger partial charge >= 0.3 is 0 Å². The maximum Gasteiger partial charge on any atom is 0.250 e. The highest BCUT2D eigenvalue weighted by Gasteiger charge is 2.26. The van der Waals surface area contributed by atoms with Crippen LogP contribution in [0.1, 0.15) is 6.42 Å². The molecule has 2 aliphatic rings. The Balaban J connectivity index is 1.44. The smallest absolute Gasteiger partial charge is 0.250 e. The summed E-state index contributed by atoms with van der Waals surface area (Å²) >= 11 is 0. The van der Waals surface area contributed by atoms with Gasteiger partial charge < -0.3 is 20.3 Å². The van der Waals surface area contributed by atoms with E-state index in [4.69, 9.17) is 4.74 Å². The second kappa shape index (κ2) is 7.07. The van der Waals surface area contributed by atoms with Gasteiger partial charge in [-0.3, -0.25) is 4.79 Å². The van der Waals surface area contributed by atoms with Crippen LogP contribution in [-0.4, -0.2) is 51.3 Å². The molecule has 2 heterocycles. The van der Waals surface area contributed by atoms with Gasteiger partial charge in [0.2, 0.25) is 5.91 Å². The zero-order chi connectivity index (χ0) is 15.4. The summed E-state index contributed by atoms with van der Waals surface area (Å²) in [6, 6.07) is 6.57. The number of benzene rings is 1. The van der Waals surface area contributed by atoms with Gasteiger partial charge in [-0.1, -0.05) is 0 Å². The van der Waals surface area contributed by atoms with E-state index in [2.05, 4.69) is 15.5 Å². The number of hydrogen-bond donors (Lipinski definition) is 2. The van der Waals surface area contributed by atoms with Crippen molar-refractivity contribution in [3.63, 3.8) is 0 Å². The number of rotatable bonds is 4. The summed E-state index contributed by atoms with van der Waals surface area (Å²) in [5.41, 5.74) is 1.04. The number of nitrogens with one attached hydrogen (secondary N) is 2. The summed E-state index contributed by atoms with van der Waals surface area (Å²) in [6.07, 6.45) is 0.657. The van der Waals surface area contributed by atoms with Gasteiger partial charge in [-0.2, -0.15) is 0 Å². The Morgan fingerprint density at radius 1 is 1.41 bits per heavy atom. The van der Waals surface area contributed by atoms with E-state index in [1.165, 1.54) is 12.1 Å². The molecule has 5 nitrogen and oxygen atoms in total. The monoisotopic (exact) mass is 307 g/mol. The van der Waals surface area contributed by atoms with Crippen molar-refractivity contribution in [3.05, 3.63) is 30.1 Å². The average Bonchev–Trinajstić information content (AvgIpc) is 3.03. The third kappa shape index (κ3) is 3.75. The molecule has 0 bridgehead atoms. The van der Waals surface area contributed by atoms with Gasteiger partial charge in [0.1, 0.15) is 11.9 Å². The van der Waals surface area contributed by atoms with Crippen LogP contribution in [0.3, 0.4) is 0 Å². The Labute approximate surface area is 129 Å². The van der Waals surface area contributed by atoms with E-state index in [0.29, 0.717) is 25.6 Å². The van der Waals surface area contributed by atoms with Crippen molar-refractivity contribution in [2.45, 2.75) is 12.5 Å². The van der Waals surface area contributed by atoms with E-state index in [0.717, 1.165) is 31.7 Å². The quantitative estimate of drug-likeness (QED) is 0.862. The molecule has 1 aromatic carbocycles. The van der Waals surface area contributed by atoms with E-state index in [1.807, 2.05) is 0 Å². The van der Waals surface area contributed by atoms with Crippen molar-refractivity contribution in [2.24, 2.45) is 5.92 Å². The van der Waals surface area contributed by atoms with E-state index in [-0.39, 0.29) is 17.8 Å². The van der Waals surface area contributed by atoms with E-state index >= 15 is 0 Å². The molecule has 0 radical (unpaired) electrons. The number of anilines is 1. The second-order valence-electron chi connectivity index (χ2n) is 5.89.